The number of carbonyl (C=O) groups excluding carboxylic acids is 2. The van der Waals surface area contributed by atoms with Crippen molar-refractivity contribution in [2.75, 3.05) is 55.0 Å². The lowest BCUT2D eigenvalue weighted by molar-refractivity contribution is -0.112. The number of Topliss-reactive ketones (excluding diaryl/α,β-unsaturated/α-hetero) is 1. The number of anilines is 3. The van der Waals surface area contributed by atoms with Crippen LogP contribution in [0.2, 0.25) is 5.02 Å². The van der Waals surface area contributed by atoms with E-state index >= 15 is 0 Å². The number of methoxy groups -OCH3 is 1. The quantitative estimate of drug-likeness (QED) is 0.208. The van der Waals surface area contributed by atoms with Gasteiger partial charge in [0.15, 0.2) is 0 Å². The van der Waals surface area contributed by atoms with Crippen molar-refractivity contribution in [3.63, 3.8) is 0 Å². The molecule has 9 heteroatoms. The Morgan fingerprint density at radius 1 is 0.927 bits per heavy atom. The lowest BCUT2D eigenvalue weighted by atomic mass is 10.0. The lowest BCUT2D eigenvalue weighted by Crippen LogP contribution is -2.47. The largest absolute Gasteiger partial charge is 0.383 e. The van der Waals surface area contributed by atoms with Gasteiger partial charge < -0.3 is 24.4 Å². The van der Waals surface area contributed by atoms with E-state index in [0.717, 1.165) is 43.2 Å². The second-order valence-electron chi connectivity index (χ2n) is 10.2. The molecular weight excluding hydrogens is 538 g/mol. The predicted octanol–water partition coefficient (Wildman–Crippen LogP) is 5.61. The molecule has 1 saturated heterocycles. The zero-order chi connectivity index (χ0) is 28.9. The van der Waals surface area contributed by atoms with Crippen LogP contribution in [0.3, 0.4) is 0 Å². The number of piperazine rings is 1. The van der Waals surface area contributed by atoms with E-state index in [9.17, 15) is 9.59 Å². The Hall–Kier alpha value is -4.14. The van der Waals surface area contributed by atoms with E-state index in [0.29, 0.717) is 35.1 Å². The van der Waals surface area contributed by atoms with Crippen molar-refractivity contribution in [2.24, 2.45) is 0 Å². The molecule has 2 aromatic heterocycles. The maximum atomic E-state index is 13.4. The van der Waals surface area contributed by atoms with Crippen LogP contribution in [-0.2, 0) is 16.1 Å². The van der Waals surface area contributed by atoms with Gasteiger partial charge >= 0.3 is 0 Å². The van der Waals surface area contributed by atoms with Gasteiger partial charge in [0.2, 0.25) is 0 Å². The van der Waals surface area contributed by atoms with E-state index in [1.54, 1.807) is 30.0 Å². The molecule has 212 valence electrons. The number of nitrogens with one attached hydrogen (secondary N) is 1. The van der Waals surface area contributed by atoms with Crippen molar-refractivity contribution in [3.8, 4) is 11.1 Å². The number of halogens is 1. The summed E-state index contributed by atoms with van der Waals surface area (Å²) < 4.78 is 6.96. The van der Waals surface area contributed by atoms with Gasteiger partial charge in [0.1, 0.15) is 11.5 Å². The van der Waals surface area contributed by atoms with Crippen molar-refractivity contribution in [3.05, 3.63) is 94.9 Å². The highest BCUT2D eigenvalue weighted by Gasteiger charge is 2.25. The predicted molar refractivity (Wildman–Crippen MR) is 164 cm³/mol. The molecule has 0 spiro atoms. The van der Waals surface area contributed by atoms with Gasteiger partial charge in [-0.2, -0.15) is 0 Å². The molecule has 0 aliphatic carbocycles. The number of aryl methyl sites for hydroxylation is 1. The van der Waals surface area contributed by atoms with Crippen molar-refractivity contribution in [1.82, 2.24) is 9.55 Å². The molecule has 1 N–H and O–H groups in total. The van der Waals surface area contributed by atoms with E-state index in [-0.39, 0.29) is 0 Å². The molecule has 1 fully saturated rings. The maximum Gasteiger partial charge on any atom is 0.298 e. The molecule has 0 unspecified atom stereocenters. The number of nitrogens with zero attached hydrogens (tertiary/aromatic N) is 4. The third-order valence-electron chi connectivity index (χ3n) is 7.59. The van der Waals surface area contributed by atoms with Crippen LogP contribution in [0, 0.1) is 13.8 Å². The number of amides is 1. The second-order valence-corrected chi connectivity index (χ2v) is 10.6. The van der Waals surface area contributed by atoms with Crippen LogP contribution in [-0.4, -0.2) is 61.1 Å². The van der Waals surface area contributed by atoms with Crippen molar-refractivity contribution in [1.29, 1.82) is 0 Å². The number of aromatic nitrogens is 2. The minimum Gasteiger partial charge on any atom is -0.383 e. The summed E-state index contributed by atoms with van der Waals surface area (Å²) in [4.78, 5) is 35.8. The number of pyridine rings is 1. The van der Waals surface area contributed by atoms with Crippen molar-refractivity contribution >= 4 is 40.5 Å². The first-order valence-electron chi connectivity index (χ1n) is 13.7. The van der Waals surface area contributed by atoms with E-state index in [2.05, 4.69) is 33.9 Å². The summed E-state index contributed by atoms with van der Waals surface area (Å²) in [6.07, 6.45) is 3.67. The molecule has 4 aromatic rings. The van der Waals surface area contributed by atoms with Gasteiger partial charge in [-0.05, 0) is 79.1 Å². The average Bonchev–Trinajstić information content (AvgIpc) is 3.41. The third kappa shape index (κ3) is 6.29. The summed E-state index contributed by atoms with van der Waals surface area (Å²) in [5.74, 6) is -0.253. The third-order valence-corrected chi connectivity index (χ3v) is 7.85. The first-order chi connectivity index (χ1) is 19.9. The highest BCUT2D eigenvalue weighted by Crippen LogP contribution is 2.28. The summed E-state index contributed by atoms with van der Waals surface area (Å²) in [6.45, 7) is 8.58. The zero-order valence-electron chi connectivity index (χ0n) is 23.6. The molecule has 41 heavy (non-hydrogen) atoms. The monoisotopic (exact) mass is 571 g/mol. The van der Waals surface area contributed by atoms with Crippen molar-refractivity contribution < 1.29 is 14.3 Å². The van der Waals surface area contributed by atoms with E-state index in [1.165, 1.54) is 11.1 Å². The molecule has 5 rings (SSSR count). The Labute approximate surface area is 245 Å². The average molecular weight is 572 g/mol. The molecule has 0 saturated carbocycles. The summed E-state index contributed by atoms with van der Waals surface area (Å²) in [7, 11) is 1.60. The van der Waals surface area contributed by atoms with Crippen LogP contribution in [0.1, 0.15) is 21.6 Å². The summed E-state index contributed by atoms with van der Waals surface area (Å²) in [6, 6.07) is 18.7. The minimum atomic E-state index is -0.694. The first kappa shape index (κ1) is 28.4. The summed E-state index contributed by atoms with van der Waals surface area (Å²) in [5.41, 5.74) is 5.90. The highest BCUT2D eigenvalue weighted by atomic mass is 35.5. The zero-order valence-corrected chi connectivity index (χ0v) is 24.3. The fraction of sp³-hybridized carbons (Fsp3) is 0.281. The van der Waals surface area contributed by atoms with Crippen molar-refractivity contribution in [2.45, 2.75) is 20.4 Å². The summed E-state index contributed by atoms with van der Waals surface area (Å²) >= 11 is 6.06. The SMILES string of the molecule is COCCn1ccc(-c2ccc(Cl)cc2)c1C(=O)C(=O)Nc1ccc(N2CCN(c3nccc(C)c3C)CC2)cc1. The van der Waals surface area contributed by atoms with Crippen LogP contribution >= 0.6 is 11.6 Å². The number of ether oxygens (including phenoxy) is 1. The molecule has 0 radical (unpaired) electrons. The smallest absolute Gasteiger partial charge is 0.298 e. The van der Waals surface area contributed by atoms with E-state index in [1.807, 2.05) is 54.7 Å². The fourth-order valence-electron chi connectivity index (χ4n) is 5.13. The Morgan fingerprint density at radius 2 is 1.61 bits per heavy atom. The van der Waals surface area contributed by atoms with E-state index in [4.69, 9.17) is 16.3 Å². The Balaban J connectivity index is 1.25. The maximum absolute atomic E-state index is 13.4. The van der Waals surface area contributed by atoms with Crippen LogP contribution in [0.15, 0.2) is 73.1 Å². The second kappa shape index (κ2) is 12.6. The van der Waals surface area contributed by atoms with Crippen LogP contribution in [0.4, 0.5) is 17.2 Å². The molecule has 1 aliphatic heterocycles. The molecule has 0 atom stereocenters. The molecule has 2 aromatic carbocycles. The van der Waals surface area contributed by atoms with Crippen LogP contribution in [0.25, 0.3) is 11.1 Å². The van der Waals surface area contributed by atoms with Gasteiger partial charge in [0.05, 0.1) is 6.61 Å². The van der Waals surface area contributed by atoms with Gasteiger partial charge in [-0.15, -0.1) is 0 Å². The van der Waals surface area contributed by atoms with Gasteiger partial charge in [-0.3, -0.25) is 9.59 Å². The topological polar surface area (TPSA) is 79.7 Å². The number of hydrogen-bond donors (Lipinski definition) is 1. The number of carbonyl (C=O) groups is 2. The first-order valence-corrected chi connectivity index (χ1v) is 14.1. The summed E-state index contributed by atoms with van der Waals surface area (Å²) in [5, 5.41) is 3.38. The molecule has 0 bridgehead atoms. The Bertz CT molecular complexity index is 1520. The number of ketones is 1. The van der Waals surface area contributed by atoms with Gasteiger partial charge in [0.25, 0.3) is 11.7 Å². The Kier molecular flexibility index (Phi) is 8.71. The number of benzene rings is 2. The number of hydrogen-bond acceptors (Lipinski definition) is 6. The molecule has 8 nitrogen and oxygen atoms in total. The van der Waals surface area contributed by atoms with Gasteiger partial charge in [-0.1, -0.05) is 23.7 Å². The standard InChI is InChI=1S/C32H34ClN5O3/c1-22-12-14-34-31(23(22)2)38-18-16-36(17-19-38)27-10-8-26(9-11-27)35-32(40)30(39)29-28(13-15-37(29)20-21-41-3)24-4-6-25(33)7-5-24/h4-15H,16-21H2,1-3H3,(H,35,40). The fourth-order valence-corrected chi connectivity index (χ4v) is 5.25. The molecular formula is C32H34ClN5O3. The lowest BCUT2D eigenvalue weighted by Gasteiger charge is -2.37. The molecule has 1 amide bonds. The molecule has 1 aliphatic rings. The van der Waals surface area contributed by atoms with Crippen LogP contribution < -0.4 is 15.1 Å². The van der Waals surface area contributed by atoms with Gasteiger partial charge in [-0.25, -0.2) is 4.98 Å². The Morgan fingerprint density at radius 3 is 2.29 bits per heavy atom. The number of rotatable bonds is 9. The highest BCUT2D eigenvalue weighted by molar-refractivity contribution is 6.47. The normalized spacial score (nSPS) is 13.4. The minimum absolute atomic E-state index is 0.315. The van der Waals surface area contributed by atoms with Crippen LogP contribution in [0.5, 0.6) is 0 Å². The van der Waals surface area contributed by atoms with Gasteiger partial charge in [0, 0.05) is 74.2 Å². The van der Waals surface area contributed by atoms with E-state index < -0.39 is 11.7 Å². The molecule has 3 heterocycles.